The van der Waals surface area contributed by atoms with Gasteiger partial charge in [-0.05, 0) is 48.4 Å². The number of halogens is 1. The second-order valence-electron chi connectivity index (χ2n) is 6.89. The SMILES string of the molecule is Cc1ccccc1NC1=C(c2ccc([N+](=O)[O-])cc2)C(=O)N(c2ccccc2Cl)C1=O. The van der Waals surface area contributed by atoms with Gasteiger partial charge in [0.25, 0.3) is 17.5 Å². The second kappa shape index (κ2) is 8.04. The fourth-order valence-electron chi connectivity index (χ4n) is 3.36. The summed E-state index contributed by atoms with van der Waals surface area (Å²) < 4.78 is 0. The molecular weight excluding hydrogens is 418 g/mol. The maximum Gasteiger partial charge on any atom is 0.282 e. The summed E-state index contributed by atoms with van der Waals surface area (Å²) in [5.74, 6) is -1.13. The lowest BCUT2D eigenvalue weighted by atomic mass is 10.0. The Morgan fingerprint density at radius 3 is 2.19 bits per heavy atom. The number of rotatable bonds is 5. The number of carbonyl (C=O) groups is 2. The lowest BCUT2D eigenvalue weighted by molar-refractivity contribution is -0.384. The molecule has 2 amide bonds. The van der Waals surface area contributed by atoms with Gasteiger partial charge in [0.05, 0.1) is 21.2 Å². The van der Waals surface area contributed by atoms with Crippen molar-refractivity contribution in [1.29, 1.82) is 0 Å². The summed E-state index contributed by atoms with van der Waals surface area (Å²) in [7, 11) is 0. The summed E-state index contributed by atoms with van der Waals surface area (Å²) in [6.45, 7) is 1.88. The van der Waals surface area contributed by atoms with Crippen molar-refractivity contribution in [3.05, 3.63) is 105 Å². The minimum absolute atomic E-state index is 0.0769. The van der Waals surface area contributed by atoms with E-state index in [0.29, 0.717) is 11.3 Å². The zero-order valence-electron chi connectivity index (χ0n) is 16.3. The third-order valence-corrected chi connectivity index (χ3v) is 5.27. The van der Waals surface area contributed by atoms with E-state index in [2.05, 4.69) is 5.32 Å². The van der Waals surface area contributed by atoms with Crippen molar-refractivity contribution in [2.24, 2.45) is 0 Å². The van der Waals surface area contributed by atoms with E-state index >= 15 is 0 Å². The number of hydrogen-bond acceptors (Lipinski definition) is 5. The number of non-ortho nitro benzene ring substituents is 1. The number of para-hydroxylation sites is 2. The van der Waals surface area contributed by atoms with E-state index in [-0.39, 0.29) is 27.7 Å². The van der Waals surface area contributed by atoms with Crippen molar-refractivity contribution in [1.82, 2.24) is 0 Å². The standard InChI is InChI=1S/C23H16ClN3O4/c1-14-6-2-4-8-18(14)25-21-20(15-10-12-16(13-11-15)27(30)31)22(28)26(23(21)29)19-9-5-3-7-17(19)24/h2-13,25H,1H3. The quantitative estimate of drug-likeness (QED) is 0.349. The Bertz CT molecular complexity index is 1250. The van der Waals surface area contributed by atoms with E-state index in [9.17, 15) is 19.7 Å². The molecule has 31 heavy (non-hydrogen) atoms. The van der Waals surface area contributed by atoms with E-state index < -0.39 is 16.7 Å². The van der Waals surface area contributed by atoms with Crippen LogP contribution >= 0.6 is 11.6 Å². The third kappa shape index (κ3) is 3.67. The molecule has 0 atom stereocenters. The van der Waals surface area contributed by atoms with Gasteiger partial charge in [-0.1, -0.05) is 41.9 Å². The minimum Gasteiger partial charge on any atom is -0.350 e. The van der Waals surface area contributed by atoms with Crippen LogP contribution in [0, 0.1) is 17.0 Å². The number of nitro benzene ring substituents is 1. The maximum atomic E-state index is 13.4. The van der Waals surface area contributed by atoms with Crippen LogP contribution in [0.3, 0.4) is 0 Å². The number of benzene rings is 3. The van der Waals surface area contributed by atoms with Crippen LogP contribution in [-0.2, 0) is 9.59 Å². The highest BCUT2D eigenvalue weighted by atomic mass is 35.5. The molecule has 0 radical (unpaired) electrons. The van der Waals surface area contributed by atoms with E-state index in [1.54, 1.807) is 30.3 Å². The van der Waals surface area contributed by atoms with Crippen LogP contribution in [0.2, 0.25) is 5.02 Å². The largest absolute Gasteiger partial charge is 0.350 e. The molecule has 0 aromatic heterocycles. The molecule has 1 N–H and O–H groups in total. The van der Waals surface area contributed by atoms with Gasteiger partial charge in [0.15, 0.2) is 0 Å². The Morgan fingerprint density at radius 1 is 0.903 bits per heavy atom. The van der Waals surface area contributed by atoms with Crippen LogP contribution in [0.25, 0.3) is 5.57 Å². The highest BCUT2D eigenvalue weighted by Crippen LogP contribution is 2.37. The summed E-state index contributed by atoms with van der Waals surface area (Å²) in [6, 6.07) is 19.4. The van der Waals surface area contributed by atoms with Gasteiger partial charge in [-0.3, -0.25) is 19.7 Å². The predicted octanol–water partition coefficient (Wildman–Crippen LogP) is 4.95. The van der Waals surface area contributed by atoms with Crippen LogP contribution in [0.5, 0.6) is 0 Å². The maximum absolute atomic E-state index is 13.4. The van der Waals surface area contributed by atoms with Gasteiger partial charge in [-0.25, -0.2) is 4.90 Å². The molecule has 0 aliphatic carbocycles. The molecule has 1 aliphatic heterocycles. The molecule has 154 valence electrons. The van der Waals surface area contributed by atoms with E-state index in [4.69, 9.17) is 11.6 Å². The highest BCUT2D eigenvalue weighted by Gasteiger charge is 2.41. The molecular formula is C23H16ClN3O4. The zero-order chi connectivity index (χ0) is 22.1. The van der Waals surface area contributed by atoms with Crippen molar-refractivity contribution in [2.75, 3.05) is 10.2 Å². The Hall–Kier alpha value is -3.97. The van der Waals surface area contributed by atoms with Gasteiger partial charge in [-0.15, -0.1) is 0 Å². The van der Waals surface area contributed by atoms with Gasteiger partial charge < -0.3 is 5.32 Å². The molecule has 0 spiro atoms. The number of carbonyl (C=O) groups excluding carboxylic acids is 2. The number of nitro groups is 1. The Kier molecular flexibility index (Phi) is 5.27. The first-order chi connectivity index (χ1) is 14.9. The van der Waals surface area contributed by atoms with Crippen molar-refractivity contribution in [3.8, 4) is 0 Å². The van der Waals surface area contributed by atoms with Crippen LogP contribution in [-0.4, -0.2) is 16.7 Å². The van der Waals surface area contributed by atoms with E-state index in [1.807, 2.05) is 25.1 Å². The van der Waals surface area contributed by atoms with Crippen molar-refractivity contribution in [2.45, 2.75) is 6.92 Å². The number of aryl methyl sites for hydroxylation is 1. The third-order valence-electron chi connectivity index (χ3n) is 4.95. The lowest BCUT2D eigenvalue weighted by Crippen LogP contribution is -2.32. The van der Waals surface area contributed by atoms with Gasteiger partial charge >= 0.3 is 0 Å². The number of hydrogen-bond donors (Lipinski definition) is 1. The van der Waals surface area contributed by atoms with Gasteiger partial charge in [0.1, 0.15) is 5.70 Å². The lowest BCUT2D eigenvalue weighted by Gasteiger charge is -2.17. The first-order valence-electron chi connectivity index (χ1n) is 9.33. The monoisotopic (exact) mass is 433 g/mol. The number of nitrogens with one attached hydrogen (secondary N) is 1. The van der Waals surface area contributed by atoms with Crippen molar-refractivity contribution in [3.63, 3.8) is 0 Å². The Balaban J connectivity index is 1.85. The average molecular weight is 434 g/mol. The zero-order valence-corrected chi connectivity index (χ0v) is 17.1. The number of nitrogens with zero attached hydrogens (tertiary/aromatic N) is 2. The molecule has 8 heteroatoms. The fourth-order valence-corrected chi connectivity index (χ4v) is 3.58. The molecule has 7 nitrogen and oxygen atoms in total. The van der Waals surface area contributed by atoms with Gasteiger partial charge in [-0.2, -0.15) is 0 Å². The number of imide groups is 1. The molecule has 0 unspecified atom stereocenters. The van der Waals surface area contributed by atoms with Crippen LogP contribution in [0.1, 0.15) is 11.1 Å². The van der Waals surface area contributed by atoms with Crippen LogP contribution < -0.4 is 10.2 Å². The first kappa shape index (κ1) is 20.3. The second-order valence-corrected chi connectivity index (χ2v) is 7.30. The van der Waals surface area contributed by atoms with Gasteiger partial charge in [0.2, 0.25) is 0 Å². The van der Waals surface area contributed by atoms with E-state index in [1.165, 1.54) is 24.3 Å². The molecule has 0 saturated heterocycles. The summed E-state index contributed by atoms with van der Waals surface area (Å²) in [6.07, 6.45) is 0. The predicted molar refractivity (Wildman–Crippen MR) is 119 cm³/mol. The first-order valence-corrected chi connectivity index (χ1v) is 9.71. The van der Waals surface area contributed by atoms with Crippen LogP contribution in [0.15, 0.2) is 78.5 Å². The molecule has 1 aliphatic rings. The molecule has 0 fully saturated rings. The van der Waals surface area contributed by atoms with E-state index in [0.717, 1.165) is 10.5 Å². The average Bonchev–Trinajstić information content (AvgIpc) is 3.00. The van der Waals surface area contributed by atoms with Crippen molar-refractivity contribution >= 4 is 46.1 Å². The molecule has 4 rings (SSSR count). The fraction of sp³-hybridized carbons (Fsp3) is 0.0435. The summed E-state index contributed by atoms with van der Waals surface area (Å²) in [5, 5.41) is 14.3. The molecule has 0 saturated carbocycles. The normalized spacial score (nSPS) is 13.7. The highest BCUT2D eigenvalue weighted by molar-refractivity contribution is 6.48. The molecule has 0 bridgehead atoms. The Morgan fingerprint density at radius 2 is 1.55 bits per heavy atom. The number of anilines is 2. The number of amides is 2. The summed E-state index contributed by atoms with van der Waals surface area (Å²) in [4.78, 5) is 38.2. The summed E-state index contributed by atoms with van der Waals surface area (Å²) >= 11 is 6.26. The molecule has 1 heterocycles. The molecule has 3 aromatic rings. The smallest absolute Gasteiger partial charge is 0.282 e. The summed E-state index contributed by atoms with van der Waals surface area (Å²) in [5.41, 5.74) is 2.27. The Labute approximate surface area is 182 Å². The van der Waals surface area contributed by atoms with Crippen LogP contribution in [0.4, 0.5) is 17.1 Å². The van der Waals surface area contributed by atoms with Gasteiger partial charge in [0, 0.05) is 17.8 Å². The van der Waals surface area contributed by atoms with Crippen molar-refractivity contribution < 1.29 is 14.5 Å². The molecule has 3 aromatic carbocycles. The topological polar surface area (TPSA) is 92.6 Å². The minimum atomic E-state index is -0.567.